The first-order chi connectivity index (χ1) is 7.84. The van der Waals surface area contributed by atoms with Crippen molar-refractivity contribution in [3.63, 3.8) is 0 Å². The number of hydrogen-bond donors (Lipinski definition) is 2. The largest absolute Gasteiger partial charge is 0.348 e. The lowest BCUT2D eigenvalue weighted by molar-refractivity contribution is -0.116. The van der Waals surface area contributed by atoms with Crippen LogP contribution in [0.4, 0.5) is 0 Å². The van der Waals surface area contributed by atoms with Gasteiger partial charge >= 0.3 is 0 Å². The van der Waals surface area contributed by atoms with E-state index in [1.165, 1.54) is 6.08 Å². The maximum atomic E-state index is 11.4. The lowest BCUT2D eigenvalue weighted by atomic mass is 10.3. The zero-order valence-electron chi connectivity index (χ0n) is 8.51. The Hall–Kier alpha value is -1.88. The van der Waals surface area contributed by atoms with E-state index >= 15 is 0 Å². The van der Waals surface area contributed by atoms with Crippen molar-refractivity contribution in [3.8, 4) is 0 Å². The number of aromatic nitrogens is 2. The first-order valence-electron chi connectivity index (χ1n) is 4.81. The average Bonchev–Trinajstić information content (AvgIpc) is 2.96. The molecule has 0 radical (unpaired) electrons. The van der Waals surface area contributed by atoms with E-state index < -0.39 is 0 Å². The smallest absolute Gasteiger partial charge is 0.244 e. The monoisotopic (exact) mass is 233 g/mol. The number of hydrogen-bond acceptors (Lipinski definition) is 3. The number of thiophene rings is 1. The Bertz CT molecular complexity index is 459. The molecule has 0 unspecified atom stereocenters. The van der Waals surface area contributed by atoms with Gasteiger partial charge in [-0.3, -0.25) is 9.89 Å². The molecule has 0 atom stereocenters. The van der Waals surface area contributed by atoms with Gasteiger partial charge in [-0.15, -0.1) is 11.3 Å². The maximum absolute atomic E-state index is 11.4. The van der Waals surface area contributed by atoms with Crippen molar-refractivity contribution in [1.29, 1.82) is 0 Å². The standard InChI is InChI=1S/C11H11N3OS/c15-11(4-3-10-2-1-5-16-10)12-6-9-7-13-14-8-9/h1-5,7-8H,6H2,(H,12,15)(H,13,14)/b4-3+. The molecule has 2 aromatic heterocycles. The van der Waals surface area contributed by atoms with Gasteiger partial charge in [0.1, 0.15) is 0 Å². The first kappa shape index (κ1) is 10.6. The lowest BCUT2D eigenvalue weighted by Gasteiger charge is -1.97. The lowest BCUT2D eigenvalue weighted by Crippen LogP contribution is -2.19. The molecule has 2 aromatic rings. The van der Waals surface area contributed by atoms with Crippen molar-refractivity contribution >= 4 is 23.3 Å². The molecule has 2 heterocycles. The fourth-order valence-electron chi connectivity index (χ4n) is 1.17. The van der Waals surface area contributed by atoms with Gasteiger partial charge in [-0.05, 0) is 17.5 Å². The molecule has 5 heteroatoms. The molecule has 0 aliphatic rings. The van der Waals surface area contributed by atoms with Gasteiger partial charge in [-0.2, -0.15) is 5.10 Å². The molecule has 0 saturated carbocycles. The van der Waals surface area contributed by atoms with Gasteiger partial charge in [-0.25, -0.2) is 0 Å². The summed E-state index contributed by atoms with van der Waals surface area (Å²) in [4.78, 5) is 12.5. The second kappa shape index (κ2) is 5.27. The highest BCUT2D eigenvalue weighted by Gasteiger charge is 1.97. The van der Waals surface area contributed by atoms with E-state index in [-0.39, 0.29) is 5.91 Å². The van der Waals surface area contributed by atoms with Gasteiger partial charge in [0, 0.05) is 29.3 Å². The maximum Gasteiger partial charge on any atom is 0.244 e. The van der Waals surface area contributed by atoms with E-state index in [9.17, 15) is 4.79 Å². The summed E-state index contributed by atoms with van der Waals surface area (Å²) in [7, 11) is 0. The number of rotatable bonds is 4. The van der Waals surface area contributed by atoms with Crippen molar-refractivity contribution in [3.05, 3.63) is 46.4 Å². The summed E-state index contributed by atoms with van der Waals surface area (Å²) >= 11 is 1.60. The van der Waals surface area contributed by atoms with Crippen LogP contribution >= 0.6 is 11.3 Å². The normalized spacial score (nSPS) is 10.8. The van der Waals surface area contributed by atoms with Crippen molar-refractivity contribution in [2.45, 2.75) is 6.54 Å². The summed E-state index contributed by atoms with van der Waals surface area (Å²) in [5.74, 6) is -0.102. The van der Waals surface area contributed by atoms with Gasteiger partial charge in [0.2, 0.25) is 5.91 Å². The SMILES string of the molecule is O=C(/C=C/c1cccs1)NCc1cn[nH]c1. The van der Waals surface area contributed by atoms with Crippen molar-refractivity contribution < 1.29 is 4.79 Å². The minimum Gasteiger partial charge on any atom is -0.348 e. The van der Waals surface area contributed by atoms with Crippen LogP contribution < -0.4 is 5.32 Å². The van der Waals surface area contributed by atoms with Crippen LogP contribution in [0.3, 0.4) is 0 Å². The molecule has 1 amide bonds. The number of carbonyl (C=O) groups is 1. The minimum absolute atomic E-state index is 0.102. The van der Waals surface area contributed by atoms with Crippen molar-refractivity contribution in [1.82, 2.24) is 15.5 Å². The quantitative estimate of drug-likeness (QED) is 0.791. The molecular weight excluding hydrogens is 222 g/mol. The Kier molecular flexibility index (Phi) is 3.50. The average molecular weight is 233 g/mol. The number of H-pyrrole nitrogens is 1. The Morgan fingerprint density at radius 1 is 1.62 bits per heavy atom. The molecular formula is C11H11N3OS. The second-order valence-electron chi connectivity index (χ2n) is 3.17. The summed E-state index contributed by atoms with van der Waals surface area (Å²) in [5.41, 5.74) is 0.956. The van der Waals surface area contributed by atoms with E-state index in [0.29, 0.717) is 6.54 Å². The van der Waals surface area contributed by atoms with Crippen LogP contribution in [0.15, 0.2) is 36.0 Å². The Morgan fingerprint density at radius 3 is 3.25 bits per heavy atom. The van der Waals surface area contributed by atoms with E-state index in [2.05, 4.69) is 15.5 Å². The van der Waals surface area contributed by atoms with E-state index in [1.807, 2.05) is 17.5 Å². The van der Waals surface area contributed by atoms with Crippen LogP contribution in [0.25, 0.3) is 6.08 Å². The van der Waals surface area contributed by atoms with Gasteiger partial charge < -0.3 is 5.32 Å². The highest BCUT2D eigenvalue weighted by molar-refractivity contribution is 7.10. The molecule has 0 saturated heterocycles. The number of aromatic amines is 1. The number of amides is 1. The molecule has 2 rings (SSSR count). The highest BCUT2D eigenvalue weighted by atomic mass is 32.1. The summed E-state index contributed by atoms with van der Waals surface area (Å²) < 4.78 is 0. The number of carbonyl (C=O) groups excluding carboxylic acids is 1. The summed E-state index contributed by atoms with van der Waals surface area (Å²) in [6, 6.07) is 3.91. The van der Waals surface area contributed by atoms with Gasteiger partial charge in [-0.1, -0.05) is 6.07 Å². The first-order valence-corrected chi connectivity index (χ1v) is 5.69. The predicted octanol–water partition coefficient (Wildman–Crippen LogP) is 1.80. The molecule has 2 N–H and O–H groups in total. The van der Waals surface area contributed by atoms with Crippen LogP contribution in [-0.2, 0) is 11.3 Å². The third-order valence-electron chi connectivity index (χ3n) is 1.96. The van der Waals surface area contributed by atoms with Crippen LogP contribution in [0.5, 0.6) is 0 Å². The fourth-order valence-corrected chi connectivity index (χ4v) is 1.78. The number of nitrogens with zero attached hydrogens (tertiary/aromatic N) is 1. The molecule has 0 aromatic carbocycles. The topological polar surface area (TPSA) is 57.8 Å². The van der Waals surface area contributed by atoms with E-state index in [4.69, 9.17) is 0 Å². The molecule has 0 aliphatic carbocycles. The third kappa shape index (κ3) is 3.06. The molecule has 0 bridgehead atoms. The summed E-state index contributed by atoms with van der Waals surface area (Å²) in [5, 5.41) is 11.2. The van der Waals surface area contributed by atoms with E-state index in [1.54, 1.807) is 29.8 Å². The van der Waals surface area contributed by atoms with Crippen LogP contribution in [0, 0.1) is 0 Å². The Labute approximate surface area is 97.0 Å². The van der Waals surface area contributed by atoms with Crippen molar-refractivity contribution in [2.24, 2.45) is 0 Å². The van der Waals surface area contributed by atoms with E-state index in [0.717, 1.165) is 10.4 Å². The molecule has 16 heavy (non-hydrogen) atoms. The van der Waals surface area contributed by atoms with Crippen molar-refractivity contribution in [2.75, 3.05) is 0 Å². The molecule has 82 valence electrons. The molecule has 0 fully saturated rings. The summed E-state index contributed by atoms with van der Waals surface area (Å²) in [6.07, 6.45) is 6.77. The highest BCUT2D eigenvalue weighted by Crippen LogP contribution is 2.09. The minimum atomic E-state index is -0.102. The molecule has 4 nitrogen and oxygen atoms in total. The van der Waals surface area contributed by atoms with Crippen LogP contribution in [-0.4, -0.2) is 16.1 Å². The summed E-state index contributed by atoms with van der Waals surface area (Å²) in [6.45, 7) is 0.490. The van der Waals surface area contributed by atoms with Crippen LogP contribution in [0.2, 0.25) is 0 Å². The third-order valence-corrected chi connectivity index (χ3v) is 2.80. The van der Waals surface area contributed by atoms with Gasteiger partial charge in [0.05, 0.1) is 6.20 Å². The molecule has 0 spiro atoms. The zero-order chi connectivity index (χ0) is 11.2. The number of nitrogens with one attached hydrogen (secondary N) is 2. The molecule has 0 aliphatic heterocycles. The van der Waals surface area contributed by atoms with Gasteiger partial charge in [0.25, 0.3) is 0 Å². The Morgan fingerprint density at radius 2 is 2.56 bits per heavy atom. The predicted molar refractivity (Wildman–Crippen MR) is 63.8 cm³/mol. The second-order valence-corrected chi connectivity index (χ2v) is 4.15. The van der Waals surface area contributed by atoms with Gasteiger partial charge in [0.15, 0.2) is 0 Å². The van der Waals surface area contributed by atoms with Crippen LogP contribution in [0.1, 0.15) is 10.4 Å². The zero-order valence-corrected chi connectivity index (χ0v) is 9.33. The Balaban J connectivity index is 1.81. The fraction of sp³-hybridized carbons (Fsp3) is 0.0909.